The molecule has 0 unspecified atom stereocenters. The van der Waals surface area contributed by atoms with Gasteiger partial charge in [0.15, 0.2) is 23.2 Å². The molecule has 0 bridgehead atoms. The van der Waals surface area contributed by atoms with Crippen LogP contribution in [0.4, 0.5) is 8.78 Å². The summed E-state index contributed by atoms with van der Waals surface area (Å²) in [6.45, 7) is 0. The van der Waals surface area contributed by atoms with Crippen molar-refractivity contribution in [3.8, 4) is 5.69 Å². The molecule has 0 aliphatic rings. The van der Waals surface area contributed by atoms with Gasteiger partial charge in [-0.05, 0) is 52.9 Å². The predicted molar refractivity (Wildman–Crippen MR) is 96.5 cm³/mol. The Morgan fingerprint density at radius 1 is 1.11 bits per heavy atom. The molecule has 2 aromatic carbocycles. The molecule has 3 aromatic rings. The molecular weight excluding hydrogens is 376 g/mol. The van der Waals surface area contributed by atoms with Gasteiger partial charge in [-0.1, -0.05) is 11.6 Å². The number of allylic oxidation sites excluding steroid dienone is 1. The van der Waals surface area contributed by atoms with Gasteiger partial charge in [0, 0.05) is 30.9 Å². The van der Waals surface area contributed by atoms with E-state index in [2.05, 4.69) is 15.5 Å². The van der Waals surface area contributed by atoms with Gasteiger partial charge in [-0.15, -0.1) is 5.10 Å². The molecule has 0 aliphatic heterocycles. The number of tetrazole rings is 1. The van der Waals surface area contributed by atoms with E-state index in [-0.39, 0.29) is 17.0 Å². The van der Waals surface area contributed by atoms with E-state index in [9.17, 15) is 13.6 Å². The topological polar surface area (TPSA) is 63.9 Å². The first-order valence-corrected chi connectivity index (χ1v) is 8.17. The van der Waals surface area contributed by atoms with Crippen molar-refractivity contribution >= 4 is 23.0 Å². The van der Waals surface area contributed by atoms with Crippen LogP contribution in [0.1, 0.15) is 16.2 Å². The molecule has 0 saturated carbocycles. The summed E-state index contributed by atoms with van der Waals surface area (Å²) in [5.41, 5.74) is 0.681. The molecule has 1 heterocycles. The summed E-state index contributed by atoms with van der Waals surface area (Å²) in [5, 5.41) is 12.0. The number of Topliss-reactive ketones (excluding diaryl/α,β-unsaturated/α-hetero) is 1. The lowest BCUT2D eigenvalue weighted by atomic mass is 10.0. The minimum absolute atomic E-state index is 0.0207. The third kappa shape index (κ3) is 4.01. The van der Waals surface area contributed by atoms with Crippen molar-refractivity contribution in [2.75, 3.05) is 14.1 Å². The zero-order valence-corrected chi connectivity index (χ0v) is 15.2. The smallest absolute Gasteiger partial charge is 0.198 e. The molecule has 0 N–H and O–H groups in total. The Labute approximate surface area is 158 Å². The Hall–Kier alpha value is -3.13. The first-order valence-electron chi connectivity index (χ1n) is 7.79. The number of aromatic nitrogens is 4. The summed E-state index contributed by atoms with van der Waals surface area (Å²) < 4.78 is 28.1. The number of carbonyl (C=O) groups is 1. The number of benzene rings is 2. The molecule has 138 valence electrons. The molecule has 0 fully saturated rings. The quantitative estimate of drug-likeness (QED) is 0.494. The van der Waals surface area contributed by atoms with Gasteiger partial charge in [0.2, 0.25) is 0 Å². The van der Waals surface area contributed by atoms with Crippen molar-refractivity contribution in [1.82, 2.24) is 25.1 Å². The average molecular weight is 390 g/mol. The van der Waals surface area contributed by atoms with E-state index in [0.29, 0.717) is 10.7 Å². The van der Waals surface area contributed by atoms with Crippen LogP contribution in [0.2, 0.25) is 5.02 Å². The number of rotatable bonds is 5. The Morgan fingerprint density at radius 2 is 1.81 bits per heavy atom. The minimum Gasteiger partial charge on any atom is -0.383 e. The highest BCUT2D eigenvalue weighted by Crippen LogP contribution is 2.22. The van der Waals surface area contributed by atoms with Crippen LogP contribution >= 0.6 is 11.6 Å². The highest BCUT2D eigenvalue weighted by molar-refractivity contribution is 6.30. The van der Waals surface area contributed by atoms with Crippen molar-refractivity contribution in [3.05, 3.63) is 76.7 Å². The van der Waals surface area contributed by atoms with Crippen molar-refractivity contribution < 1.29 is 13.6 Å². The number of nitrogens with zero attached hydrogens (tertiary/aromatic N) is 5. The van der Waals surface area contributed by atoms with Gasteiger partial charge in [-0.3, -0.25) is 4.79 Å². The molecule has 0 radical (unpaired) electrons. The van der Waals surface area contributed by atoms with Gasteiger partial charge in [0.05, 0.1) is 11.3 Å². The van der Waals surface area contributed by atoms with Crippen molar-refractivity contribution in [3.63, 3.8) is 0 Å². The second-order valence-corrected chi connectivity index (χ2v) is 6.29. The molecule has 0 spiro atoms. The molecule has 6 nitrogen and oxygen atoms in total. The zero-order valence-electron chi connectivity index (χ0n) is 14.4. The second-order valence-electron chi connectivity index (χ2n) is 5.86. The zero-order chi connectivity index (χ0) is 19.6. The fraction of sp³-hybridized carbons (Fsp3) is 0.111. The lowest BCUT2D eigenvalue weighted by molar-refractivity contribution is 0.105. The molecule has 3 rings (SSSR count). The first-order chi connectivity index (χ1) is 12.9. The van der Waals surface area contributed by atoms with E-state index in [1.54, 1.807) is 43.3 Å². The van der Waals surface area contributed by atoms with E-state index in [0.717, 1.165) is 12.1 Å². The fourth-order valence-corrected chi connectivity index (χ4v) is 2.51. The Morgan fingerprint density at radius 3 is 2.44 bits per heavy atom. The number of ketones is 1. The first kappa shape index (κ1) is 18.7. The van der Waals surface area contributed by atoms with Crippen LogP contribution < -0.4 is 0 Å². The number of hydrogen-bond donors (Lipinski definition) is 0. The van der Waals surface area contributed by atoms with Crippen LogP contribution in [0.3, 0.4) is 0 Å². The summed E-state index contributed by atoms with van der Waals surface area (Å²) in [7, 11) is 3.43. The maximum absolute atomic E-state index is 13.6. The molecule has 0 atom stereocenters. The summed E-state index contributed by atoms with van der Waals surface area (Å²) in [6, 6.07) is 9.66. The fourth-order valence-electron chi connectivity index (χ4n) is 2.38. The van der Waals surface area contributed by atoms with Gasteiger partial charge < -0.3 is 4.90 Å². The van der Waals surface area contributed by atoms with E-state index in [4.69, 9.17) is 11.6 Å². The van der Waals surface area contributed by atoms with Gasteiger partial charge in [-0.25, -0.2) is 8.78 Å². The van der Waals surface area contributed by atoms with Crippen LogP contribution in [0, 0.1) is 11.6 Å². The number of halogens is 3. The highest BCUT2D eigenvalue weighted by atomic mass is 35.5. The molecular formula is C18H14ClF2N5O. The molecule has 0 amide bonds. The van der Waals surface area contributed by atoms with Crippen LogP contribution in [0.5, 0.6) is 0 Å². The second kappa shape index (κ2) is 7.63. The van der Waals surface area contributed by atoms with Crippen molar-refractivity contribution in [2.45, 2.75) is 0 Å². The lowest BCUT2D eigenvalue weighted by Gasteiger charge is -2.12. The van der Waals surface area contributed by atoms with Gasteiger partial charge in [0.1, 0.15) is 0 Å². The highest BCUT2D eigenvalue weighted by Gasteiger charge is 2.23. The maximum atomic E-state index is 13.6. The Bertz CT molecular complexity index is 1010. The van der Waals surface area contributed by atoms with E-state index >= 15 is 0 Å². The van der Waals surface area contributed by atoms with E-state index in [1.165, 1.54) is 16.9 Å². The SMILES string of the molecule is CN(C)/C=C(/C(=O)c1ccc(F)c(F)c1)c1nnnn1-c1ccc(Cl)cc1. The van der Waals surface area contributed by atoms with E-state index in [1.807, 2.05) is 0 Å². The molecule has 27 heavy (non-hydrogen) atoms. The van der Waals surface area contributed by atoms with Crippen LogP contribution in [0.15, 0.2) is 48.7 Å². The molecule has 1 aromatic heterocycles. The maximum Gasteiger partial charge on any atom is 0.198 e. The molecule has 9 heteroatoms. The van der Waals surface area contributed by atoms with Crippen LogP contribution in [-0.4, -0.2) is 45.0 Å². The lowest BCUT2D eigenvalue weighted by Crippen LogP contribution is -2.14. The minimum atomic E-state index is -1.11. The van der Waals surface area contributed by atoms with E-state index < -0.39 is 17.4 Å². The summed E-state index contributed by atoms with van der Waals surface area (Å²) in [6.07, 6.45) is 1.52. The predicted octanol–water partition coefficient (Wildman–Crippen LogP) is 3.38. The Balaban J connectivity index is 2.09. The number of hydrogen-bond acceptors (Lipinski definition) is 5. The third-order valence-electron chi connectivity index (χ3n) is 3.60. The van der Waals surface area contributed by atoms with Crippen LogP contribution in [-0.2, 0) is 0 Å². The van der Waals surface area contributed by atoms with Gasteiger partial charge in [0.25, 0.3) is 0 Å². The third-order valence-corrected chi connectivity index (χ3v) is 3.85. The molecule has 0 saturated heterocycles. The Kier molecular flexibility index (Phi) is 5.27. The largest absolute Gasteiger partial charge is 0.383 e. The monoisotopic (exact) mass is 389 g/mol. The summed E-state index contributed by atoms with van der Waals surface area (Å²) >= 11 is 5.90. The summed E-state index contributed by atoms with van der Waals surface area (Å²) in [5.74, 6) is -2.54. The van der Waals surface area contributed by atoms with Crippen LogP contribution in [0.25, 0.3) is 11.3 Å². The average Bonchev–Trinajstić information content (AvgIpc) is 3.11. The normalized spacial score (nSPS) is 11.5. The van der Waals surface area contributed by atoms with Crippen molar-refractivity contribution in [2.24, 2.45) is 0 Å². The van der Waals surface area contributed by atoms with Gasteiger partial charge >= 0.3 is 0 Å². The standard InChI is InChI=1S/C18H14ClF2N5O/c1-25(2)10-14(17(27)11-3-8-15(20)16(21)9-11)18-22-23-24-26(18)13-6-4-12(19)5-7-13/h3-10H,1-2H3/b14-10-. The summed E-state index contributed by atoms with van der Waals surface area (Å²) in [4.78, 5) is 14.6. The number of carbonyl (C=O) groups excluding carboxylic acids is 1. The van der Waals surface area contributed by atoms with Gasteiger partial charge in [-0.2, -0.15) is 4.68 Å². The van der Waals surface area contributed by atoms with Crippen molar-refractivity contribution in [1.29, 1.82) is 0 Å². The molecule has 0 aliphatic carbocycles.